The topological polar surface area (TPSA) is 58.6 Å². The van der Waals surface area contributed by atoms with Crippen molar-refractivity contribution in [1.82, 2.24) is 10.2 Å². The molecule has 0 radical (unpaired) electrons. The van der Waals surface area contributed by atoms with E-state index in [4.69, 9.17) is 16.3 Å². The number of hydrogen-bond acceptors (Lipinski definition) is 3. The van der Waals surface area contributed by atoms with Gasteiger partial charge in [0.05, 0.1) is 5.02 Å². The van der Waals surface area contributed by atoms with Gasteiger partial charge >= 0.3 is 0 Å². The fraction of sp³-hybridized carbons (Fsp3) is 0.200. The maximum absolute atomic E-state index is 13.3. The van der Waals surface area contributed by atoms with Crippen molar-refractivity contribution in [1.29, 1.82) is 0 Å². The number of halogens is 2. The van der Waals surface area contributed by atoms with Crippen LogP contribution in [0.15, 0.2) is 83.3 Å². The van der Waals surface area contributed by atoms with E-state index in [-0.39, 0.29) is 25.0 Å². The third kappa shape index (κ3) is 6.58. The van der Waals surface area contributed by atoms with E-state index in [2.05, 4.69) is 21.2 Å². The molecule has 0 saturated carbocycles. The van der Waals surface area contributed by atoms with Crippen LogP contribution in [0.4, 0.5) is 0 Å². The van der Waals surface area contributed by atoms with Crippen LogP contribution in [-0.4, -0.2) is 36.4 Å². The molecule has 0 fully saturated rings. The standard InChI is InChI=1S/C25H24BrClN2O3/c1-28-25(31)22(15-18-8-3-2-4-9-18)29(16-19-10-7-11-20(26)14-19)24(30)17-32-23-13-6-5-12-21(23)27/h2-14,22H,15-17H2,1H3,(H,28,31). The first-order valence-corrected chi connectivity index (χ1v) is 11.3. The average molecular weight is 516 g/mol. The number of amides is 2. The number of nitrogens with one attached hydrogen (secondary N) is 1. The summed E-state index contributed by atoms with van der Waals surface area (Å²) in [6.07, 6.45) is 0.381. The summed E-state index contributed by atoms with van der Waals surface area (Å²) in [4.78, 5) is 27.8. The Morgan fingerprint density at radius 2 is 1.69 bits per heavy atom. The van der Waals surface area contributed by atoms with E-state index in [0.29, 0.717) is 17.2 Å². The van der Waals surface area contributed by atoms with Crippen LogP contribution in [0.2, 0.25) is 5.02 Å². The van der Waals surface area contributed by atoms with Crippen molar-refractivity contribution in [3.8, 4) is 5.75 Å². The first-order valence-electron chi connectivity index (χ1n) is 10.1. The van der Waals surface area contributed by atoms with Crippen molar-refractivity contribution in [3.63, 3.8) is 0 Å². The zero-order valence-corrected chi connectivity index (χ0v) is 20.0. The molecule has 166 valence electrons. The molecule has 32 heavy (non-hydrogen) atoms. The molecule has 0 aliphatic carbocycles. The van der Waals surface area contributed by atoms with Crippen LogP contribution in [0, 0.1) is 0 Å². The van der Waals surface area contributed by atoms with Crippen LogP contribution in [-0.2, 0) is 22.6 Å². The summed E-state index contributed by atoms with van der Waals surface area (Å²) in [5.74, 6) is -0.131. The van der Waals surface area contributed by atoms with Gasteiger partial charge < -0.3 is 15.0 Å². The summed E-state index contributed by atoms with van der Waals surface area (Å²) in [6.45, 7) is 0.0229. The molecule has 7 heteroatoms. The largest absolute Gasteiger partial charge is 0.482 e. The lowest BCUT2D eigenvalue weighted by atomic mass is 10.0. The summed E-state index contributed by atoms with van der Waals surface area (Å²) in [5.41, 5.74) is 1.85. The van der Waals surface area contributed by atoms with Gasteiger partial charge in [-0.3, -0.25) is 9.59 Å². The predicted molar refractivity (Wildman–Crippen MR) is 130 cm³/mol. The Hall–Kier alpha value is -2.83. The number of benzene rings is 3. The van der Waals surface area contributed by atoms with Crippen LogP contribution >= 0.6 is 27.5 Å². The minimum absolute atomic E-state index is 0.236. The van der Waals surface area contributed by atoms with Crippen LogP contribution < -0.4 is 10.1 Å². The maximum Gasteiger partial charge on any atom is 0.261 e. The minimum atomic E-state index is -0.705. The van der Waals surface area contributed by atoms with E-state index in [9.17, 15) is 9.59 Å². The molecule has 0 saturated heterocycles. The van der Waals surface area contributed by atoms with Gasteiger partial charge in [0.25, 0.3) is 5.91 Å². The lowest BCUT2D eigenvalue weighted by Crippen LogP contribution is -2.51. The number of rotatable bonds is 9. The van der Waals surface area contributed by atoms with Crippen LogP contribution in [0.5, 0.6) is 5.75 Å². The quantitative estimate of drug-likeness (QED) is 0.442. The third-order valence-corrected chi connectivity index (χ3v) is 5.75. The summed E-state index contributed by atoms with van der Waals surface area (Å²) in [7, 11) is 1.57. The highest BCUT2D eigenvalue weighted by molar-refractivity contribution is 9.10. The Labute approximate surface area is 201 Å². The van der Waals surface area contributed by atoms with E-state index < -0.39 is 6.04 Å². The van der Waals surface area contributed by atoms with Crippen molar-refractivity contribution in [2.75, 3.05) is 13.7 Å². The Morgan fingerprint density at radius 1 is 1.00 bits per heavy atom. The molecule has 0 aliphatic rings. The Bertz CT molecular complexity index is 1060. The Balaban J connectivity index is 1.88. The molecule has 0 spiro atoms. The molecule has 1 atom stereocenters. The highest BCUT2D eigenvalue weighted by atomic mass is 79.9. The second-order valence-electron chi connectivity index (χ2n) is 7.19. The summed E-state index contributed by atoms with van der Waals surface area (Å²) >= 11 is 9.63. The first kappa shape index (κ1) is 23.8. The molecule has 0 heterocycles. The van der Waals surface area contributed by atoms with Gasteiger partial charge in [0.2, 0.25) is 5.91 Å². The summed E-state index contributed by atoms with van der Waals surface area (Å²) in [5, 5.41) is 3.12. The lowest BCUT2D eigenvalue weighted by Gasteiger charge is -2.31. The SMILES string of the molecule is CNC(=O)C(Cc1ccccc1)N(Cc1cccc(Br)c1)C(=O)COc1ccccc1Cl. The number of carbonyl (C=O) groups excluding carboxylic acids is 2. The molecular formula is C25H24BrClN2O3. The Morgan fingerprint density at radius 3 is 2.38 bits per heavy atom. The molecule has 0 aliphatic heterocycles. The van der Waals surface area contributed by atoms with Crippen molar-refractivity contribution >= 4 is 39.3 Å². The highest BCUT2D eigenvalue weighted by Gasteiger charge is 2.30. The van der Waals surface area contributed by atoms with Crippen molar-refractivity contribution in [3.05, 3.63) is 99.5 Å². The molecule has 2 amide bonds. The minimum Gasteiger partial charge on any atom is -0.482 e. The van der Waals surface area contributed by atoms with Gasteiger partial charge in [-0.1, -0.05) is 82.1 Å². The number of ether oxygens (including phenoxy) is 1. The molecule has 3 aromatic rings. The predicted octanol–water partition coefficient (Wildman–Crippen LogP) is 4.87. The molecule has 0 aromatic heterocycles. The van der Waals surface area contributed by atoms with E-state index in [0.717, 1.165) is 15.6 Å². The van der Waals surface area contributed by atoms with E-state index in [1.54, 1.807) is 36.2 Å². The summed E-state index contributed by atoms with van der Waals surface area (Å²) in [6, 6.07) is 23.6. The molecule has 1 N–H and O–H groups in total. The average Bonchev–Trinajstić information content (AvgIpc) is 2.81. The lowest BCUT2D eigenvalue weighted by molar-refractivity contribution is -0.142. The molecule has 0 bridgehead atoms. The van der Waals surface area contributed by atoms with Gasteiger partial charge in [0, 0.05) is 24.5 Å². The monoisotopic (exact) mass is 514 g/mol. The number of likely N-dealkylation sites (N-methyl/N-ethyl adjacent to an activating group) is 1. The normalized spacial score (nSPS) is 11.5. The van der Waals surface area contributed by atoms with Crippen LogP contribution in [0.25, 0.3) is 0 Å². The second-order valence-corrected chi connectivity index (χ2v) is 8.51. The smallest absolute Gasteiger partial charge is 0.261 e. The number of carbonyl (C=O) groups is 2. The van der Waals surface area contributed by atoms with Gasteiger partial charge in [-0.25, -0.2) is 0 Å². The van der Waals surface area contributed by atoms with E-state index in [1.807, 2.05) is 54.6 Å². The second kappa shape index (κ2) is 11.7. The van der Waals surface area contributed by atoms with E-state index in [1.165, 1.54) is 0 Å². The van der Waals surface area contributed by atoms with E-state index >= 15 is 0 Å². The van der Waals surface area contributed by atoms with Crippen LogP contribution in [0.1, 0.15) is 11.1 Å². The van der Waals surface area contributed by atoms with Gasteiger partial charge in [-0.15, -0.1) is 0 Å². The first-order chi connectivity index (χ1) is 15.5. The number of nitrogens with zero attached hydrogens (tertiary/aromatic N) is 1. The molecule has 1 unspecified atom stereocenters. The van der Waals surface area contributed by atoms with Crippen molar-refractivity contribution in [2.45, 2.75) is 19.0 Å². The molecule has 5 nitrogen and oxygen atoms in total. The third-order valence-electron chi connectivity index (χ3n) is 4.95. The highest BCUT2D eigenvalue weighted by Crippen LogP contribution is 2.24. The number of para-hydroxylation sites is 1. The van der Waals surface area contributed by atoms with Gasteiger partial charge in [-0.05, 0) is 35.4 Å². The fourth-order valence-corrected chi connectivity index (χ4v) is 3.97. The van der Waals surface area contributed by atoms with Crippen molar-refractivity contribution in [2.24, 2.45) is 0 Å². The maximum atomic E-state index is 13.3. The zero-order valence-electron chi connectivity index (χ0n) is 17.6. The van der Waals surface area contributed by atoms with Gasteiger partial charge in [0.1, 0.15) is 11.8 Å². The molecule has 3 rings (SSSR count). The molecular weight excluding hydrogens is 492 g/mol. The van der Waals surface area contributed by atoms with Crippen LogP contribution in [0.3, 0.4) is 0 Å². The number of hydrogen-bond donors (Lipinski definition) is 1. The fourth-order valence-electron chi connectivity index (χ4n) is 3.34. The Kier molecular flexibility index (Phi) is 8.71. The van der Waals surface area contributed by atoms with Gasteiger partial charge in [0.15, 0.2) is 6.61 Å². The van der Waals surface area contributed by atoms with Crippen molar-refractivity contribution < 1.29 is 14.3 Å². The van der Waals surface area contributed by atoms with Gasteiger partial charge in [-0.2, -0.15) is 0 Å². The summed E-state index contributed by atoms with van der Waals surface area (Å²) < 4.78 is 6.59. The zero-order chi connectivity index (χ0) is 22.9. The molecule has 3 aromatic carbocycles.